The van der Waals surface area contributed by atoms with Gasteiger partial charge in [-0.25, -0.2) is 0 Å². The largest absolute Gasteiger partial charge is 0.493 e. The van der Waals surface area contributed by atoms with Crippen molar-refractivity contribution in [2.45, 2.75) is 6.42 Å². The van der Waals surface area contributed by atoms with Gasteiger partial charge in [-0.3, -0.25) is 9.59 Å². The van der Waals surface area contributed by atoms with Crippen LogP contribution >= 0.6 is 0 Å². The molecule has 4 rings (SSSR count). The number of ketones is 1. The summed E-state index contributed by atoms with van der Waals surface area (Å²) in [6.45, 7) is 0.0752. The van der Waals surface area contributed by atoms with Crippen molar-refractivity contribution in [2.75, 3.05) is 13.7 Å². The first-order valence-corrected chi connectivity index (χ1v) is 7.63. The lowest BCUT2D eigenvalue weighted by Crippen LogP contribution is -2.21. The van der Waals surface area contributed by atoms with Crippen molar-refractivity contribution in [3.63, 3.8) is 0 Å². The van der Waals surface area contributed by atoms with Crippen LogP contribution in [-0.2, 0) is 11.2 Å². The number of pyridine rings is 1. The zero-order valence-corrected chi connectivity index (χ0v) is 13.1. The third-order valence-corrected chi connectivity index (χ3v) is 4.23. The lowest BCUT2D eigenvalue weighted by atomic mass is 9.93. The number of nitrogens with one attached hydrogen (secondary N) is 1. The summed E-state index contributed by atoms with van der Waals surface area (Å²) in [5, 5.41) is 0.930. The van der Waals surface area contributed by atoms with Crippen LogP contribution in [0.5, 0.6) is 11.5 Å². The van der Waals surface area contributed by atoms with E-state index in [1.165, 1.54) is 6.07 Å². The summed E-state index contributed by atoms with van der Waals surface area (Å²) in [5.41, 5.74) is 3.39. The van der Waals surface area contributed by atoms with Crippen molar-refractivity contribution in [1.82, 2.24) is 4.98 Å². The van der Waals surface area contributed by atoms with Crippen LogP contribution in [0.1, 0.15) is 5.56 Å². The summed E-state index contributed by atoms with van der Waals surface area (Å²) in [6, 6.07) is 12.9. The van der Waals surface area contributed by atoms with E-state index in [0.717, 1.165) is 27.6 Å². The SMILES string of the molecule is COc1ccc(-c2ccc3[nH]c(=O)ccc3c2)c2c1OCC(=O)C2. The van der Waals surface area contributed by atoms with Crippen LogP contribution < -0.4 is 15.0 Å². The Morgan fingerprint density at radius 3 is 2.79 bits per heavy atom. The highest BCUT2D eigenvalue weighted by Crippen LogP contribution is 2.40. The number of Topliss-reactive ketones (excluding diaryl/α,β-unsaturated/α-hetero) is 1. The highest BCUT2D eigenvalue weighted by molar-refractivity contribution is 5.91. The van der Waals surface area contributed by atoms with Gasteiger partial charge < -0.3 is 14.5 Å². The van der Waals surface area contributed by atoms with Gasteiger partial charge in [-0.15, -0.1) is 0 Å². The standard InChI is InChI=1S/C19H15NO4/c1-23-17-6-4-14(15-9-13(21)10-24-19(15)17)11-2-5-16-12(8-11)3-7-18(22)20-16/h2-8H,9-10H2,1H3,(H,20,22). The van der Waals surface area contributed by atoms with E-state index in [0.29, 0.717) is 17.9 Å². The number of carbonyl (C=O) groups excluding carboxylic acids is 1. The molecule has 1 N–H and O–H groups in total. The summed E-state index contributed by atoms with van der Waals surface area (Å²) >= 11 is 0. The van der Waals surface area contributed by atoms with Gasteiger partial charge in [-0.05, 0) is 40.8 Å². The molecule has 0 unspecified atom stereocenters. The van der Waals surface area contributed by atoms with Crippen LogP contribution in [0.15, 0.2) is 47.3 Å². The van der Waals surface area contributed by atoms with E-state index >= 15 is 0 Å². The second kappa shape index (κ2) is 5.53. The Morgan fingerprint density at radius 2 is 1.96 bits per heavy atom. The molecule has 24 heavy (non-hydrogen) atoms. The van der Waals surface area contributed by atoms with E-state index in [1.54, 1.807) is 13.2 Å². The Labute approximate surface area is 137 Å². The Morgan fingerprint density at radius 1 is 1.08 bits per heavy atom. The van der Waals surface area contributed by atoms with Gasteiger partial charge in [-0.1, -0.05) is 12.1 Å². The highest BCUT2D eigenvalue weighted by atomic mass is 16.5. The number of benzene rings is 2. The summed E-state index contributed by atoms with van der Waals surface area (Å²) in [6.07, 6.45) is 0.325. The molecule has 0 spiro atoms. The first-order valence-electron chi connectivity index (χ1n) is 7.63. The number of aromatic amines is 1. The number of aromatic nitrogens is 1. The average Bonchev–Trinajstić information content (AvgIpc) is 2.60. The maximum atomic E-state index is 11.9. The van der Waals surface area contributed by atoms with Crippen LogP contribution in [-0.4, -0.2) is 24.5 Å². The maximum Gasteiger partial charge on any atom is 0.248 e. The molecule has 1 aliphatic rings. The quantitative estimate of drug-likeness (QED) is 0.788. The van der Waals surface area contributed by atoms with Crippen molar-refractivity contribution in [3.8, 4) is 22.6 Å². The molecule has 120 valence electrons. The average molecular weight is 321 g/mol. The Bertz CT molecular complexity index is 1020. The van der Waals surface area contributed by atoms with Crippen molar-refractivity contribution >= 4 is 16.7 Å². The van der Waals surface area contributed by atoms with Gasteiger partial charge in [0, 0.05) is 23.6 Å². The van der Waals surface area contributed by atoms with E-state index in [1.807, 2.05) is 30.3 Å². The minimum absolute atomic E-state index is 0.0436. The predicted octanol–water partition coefficient (Wildman–Crippen LogP) is 2.71. The van der Waals surface area contributed by atoms with Gasteiger partial charge in [0.25, 0.3) is 0 Å². The van der Waals surface area contributed by atoms with Crippen LogP contribution in [0.2, 0.25) is 0 Å². The monoisotopic (exact) mass is 321 g/mol. The topological polar surface area (TPSA) is 68.4 Å². The number of rotatable bonds is 2. The van der Waals surface area contributed by atoms with Gasteiger partial charge >= 0.3 is 0 Å². The fourth-order valence-electron chi connectivity index (χ4n) is 3.09. The van der Waals surface area contributed by atoms with Crippen LogP contribution in [0.4, 0.5) is 0 Å². The van der Waals surface area contributed by atoms with Crippen LogP contribution in [0.25, 0.3) is 22.0 Å². The number of methoxy groups -OCH3 is 1. The molecule has 1 aromatic heterocycles. The molecule has 0 aliphatic carbocycles. The third kappa shape index (κ3) is 2.34. The van der Waals surface area contributed by atoms with E-state index in [2.05, 4.69) is 4.98 Å². The van der Waals surface area contributed by atoms with E-state index in [4.69, 9.17) is 9.47 Å². The van der Waals surface area contributed by atoms with Crippen LogP contribution in [0, 0.1) is 0 Å². The normalized spacial score (nSPS) is 13.5. The fraction of sp³-hybridized carbons (Fsp3) is 0.158. The van der Waals surface area contributed by atoms with Crippen molar-refractivity contribution in [1.29, 1.82) is 0 Å². The van der Waals surface area contributed by atoms with Crippen molar-refractivity contribution < 1.29 is 14.3 Å². The molecule has 0 atom stereocenters. The zero-order chi connectivity index (χ0) is 16.7. The Balaban J connectivity index is 1.92. The first kappa shape index (κ1) is 14.5. The number of fused-ring (bicyclic) bond motifs is 2. The lowest BCUT2D eigenvalue weighted by Gasteiger charge is -2.22. The first-order chi connectivity index (χ1) is 11.7. The van der Waals surface area contributed by atoms with Gasteiger partial charge in [-0.2, -0.15) is 0 Å². The molecule has 0 saturated heterocycles. The number of ether oxygens (including phenoxy) is 2. The molecule has 5 nitrogen and oxygen atoms in total. The minimum Gasteiger partial charge on any atom is -0.493 e. The Kier molecular flexibility index (Phi) is 3.34. The summed E-state index contributed by atoms with van der Waals surface area (Å²) in [7, 11) is 1.58. The number of carbonyl (C=O) groups is 1. The number of hydrogen-bond donors (Lipinski definition) is 1. The molecule has 2 heterocycles. The molecule has 0 amide bonds. The number of H-pyrrole nitrogens is 1. The minimum atomic E-state index is -0.129. The van der Waals surface area contributed by atoms with Gasteiger partial charge in [0.05, 0.1) is 7.11 Å². The Hall–Kier alpha value is -3.08. The van der Waals surface area contributed by atoms with E-state index < -0.39 is 0 Å². The molecule has 2 aromatic carbocycles. The zero-order valence-electron chi connectivity index (χ0n) is 13.1. The predicted molar refractivity (Wildman–Crippen MR) is 90.8 cm³/mol. The highest BCUT2D eigenvalue weighted by Gasteiger charge is 2.24. The molecule has 3 aromatic rings. The molecule has 0 fully saturated rings. The number of hydrogen-bond acceptors (Lipinski definition) is 4. The summed E-state index contributed by atoms with van der Waals surface area (Å²) < 4.78 is 10.9. The molecule has 5 heteroatoms. The molecule has 0 bridgehead atoms. The fourth-order valence-corrected chi connectivity index (χ4v) is 3.09. The third-order valence-electron chi connectivity index (χ3n) is 4.23. The van der Waals surface area contributed by atoms with Crippen molar-refractivity contribution in [2.24, 2.45) is 0 Å². The summed E-state index contributed by atoms with van der Waals surface area (Å²) in [5.74, 6) is 1.31. The molecule has 0 saturated carbocycles. The second-order valence-electron chi connectivity index (χ2n) is 5.75. The molecule has 0 radical (unpaired) electrons. The van der Waals surface area contributed by atoms with E-state index in [-0.39, 0.29) is 17.9 Å². The maximum absolute atomic E-state index is 11.9. The molecular weight excluding hydrogens is 306 g/mol. The van der Waals surface area contributed by atoms with Gasteiger partial charge in [0.15, 0.2) is 17.3 Å². The molecule has 1 aliphatic heterocycles. The molecular formula is C19H15NO4. The second-order valence-corrected chi connectivity index (χ2v) is 5.75. The van der Waals surface area contributed by atoms with Crippen molar-refractivity contribution in [3.05, 3.63) is 58.4 Å². The van der Waals surface area contributed by atoms with Crippen LogP contribution in [0.3, 0.4) is 0 Å². The van der Waals surface area contributed by atoms with Gasteiger partial charge in [0.1, 0.15) is 6.61 Å². The lowest BCUT2D eigenvalue weighted by molar-refractivity contribution is -0.121. The van der Waals surface area contributed by atoms with Gasteiger partial charge in [0.2, 0.25) is 5.56 Å². The smallest absolute Gasteiger partial charge is 0.248 e. The summed E-state index contributed by atoms with van der Waals surface area (Å²) in [4.78, 5) is 26.1. The van der Waals surface area contributed by atoms with E-state index in [9.17, 15) is 9.59 Å².